The highest BCUT2D eigenvalue weighted by Gasteiger charge is 2.34. The minimum atomic E-state index is 0.273. The Bertz CT molecular complexity index is 178. The lowest BCUT2D eigenvalue weighted by Gasteiger charge is -2.32. The van der Waals surface area contributed by atoms with E-state index in [2.05, 4.69) is 4.90 Å². The number of piperidine rings is 1. The lowest BCUT2D eigenvalue weighted by molar-refractivity contribution is -0.132. The Balaban J connectivity index is 2.07. The Morgan fingerprint density at radius 1 is 1.36 bits per heavy atom. The molecule has 0 radical (unpaired) electrons. The maximum atomic E-state index is 11.1. The van der Waals surface area contributed by atoms with Crippen LogP contribution >= 0.6 is 0 Å². The SMILES string of the molecule is CC(=O)N1CCC2CC[C@@H]1C2. The zero-order chi connectivity index (χ0) is 7.84. The highest BCUT2D eigenvalue weighted by molar-refractivity contribution is 5.73. The molecule has 0 N–H and O–H groups in total. The van der Waals surface area contributed by atoms with E-state index in [1.54, 1.807) is 6.92 Å². The Morgan fingerprint density at radius 2 is 2.18 bits per heavy atom. The molecule has 2 fully saturated rings. The molecular formula is C9H15NO. The molecule has 1 amide bonds. The van der Waals surface area contributed by atoms with Crippen LogP contribution < -0.4 is 0 Å². The molecule has 62 valence electrons. The Morgan fingerprint density at radius 3 is 2.91 bits per heavy atom. The summed E-state index contributed by atoms with van der Waals surface area (Å²) in [4.78, 5) is 13.2. The van der Waals surface area contributed by atoms with Crippen molar-refractivity contribution in [2.75, 3.05) is 6.54 Å². The topological polar surface area (TPSA) is 20.3 Å². The third-order valence-electron chi connectivity index (χ3n) is 3.14. The molecule has 11 heavy (non-hydrogen) atoms. The summed E-state index contributed by atoms with van der Waals surface area (Å²) < 4.78 is 0. The van der Waals surface area contributed by atoms with Gasteiger partial charge in [-0.05, 0) is 31.6 Å². The van der Waals surface area contributed by atoms with Crippen molar-refractivity contribution in [3.63, 3.8) is 0 Å². The minimum absolute atomic E-state index is 0.273. The van der Waals surface area contributed by atoms with E-state index in [0.29, 0.717) is 6.04 Å². The first-order valence-electron chi connectivity index (χ1n) is 4.54. The monoisotopic (exact) mass is 153 g/mol. The molecule has 0 aromatic heterocycles. The second-order valence-corrected chi connectivity index (χ2v) is 3.83. The van der Waals surface area contributed by atoms with E-state index in [4.69, 9.17) is 0 Å². The number of carbonyl (C=O) groups excluding carboxylic acids is 1. The van der Waals surface area contributed by atoms with Crippen molar-refractivity contribution in [1.82, 2.24) is 4.90 Å². The predicted octanol–water partition coefficient (Wildman–Crippen LogP) is 1.41. The molecule has 1 unspecified atom stereocenters. The first-order valence-corrected chi connectivity index (χ1v) is 4.54. The van der Waals surface area contributed by atoms with Crippen molar-refractivity contribution in [2.24, 2.45) is 5.92 Å². The lowest BCUT2D eigenvalue weighted by atomic mass is 9.99. The van der Waals surface area contributed by atoms with Gasteiger partial charge in [-0.3, -0.25) is 4.79 Å². The van der Waals surface area contributed by atoms with E-state index in [9.17, 15) is 4.79 Å². The zero-order valence-corrected chi connectivity index (χ0v) is 7.05. The third kappa shape index (κ3) is 1.15. The van der Waals surface area contributed by atoms with Crippen LogP contribution in [0.2, 0.25) is 0 Å². The van der Waals surface area contributed by atoms with Crippen LogP contribution in [0, 0.1) is 5.92 Å². The highest BCUT2D eigenvalue weighted by Crippen LogP contribution is 2.36. The number of hydrogen-bond acceptors (Lipinski definition) is 1. The van der Waals surface area contributed by atoms with Gasteiger partial charge in [0.05, 0.1) is 0 Å². The number of nitrogens with zero attached hydrogens (tertiary/aromatic N) is 1. The van der Waals surface area contributed by atoms with Crippen molar-refractivity contribution >= 4 is 5.91 Å². The number of carbonyl (C=O) groups is 1. The van der Waals surface area contributed by atoms with Crippen molar-refractivity contribution in [1.29, 1.82) is 0 Å². The van der Waals surface area contributed by atoms with Gasteiger partial charge in [0.2, 0.25) is 5.91 Å². The Kier molecular flexibility index (Phi) is 1.63. The average molecular weight is 153 g/mol. The molecule has 2 aliphatic rings. The van der Waals surface area contributed by atoms with Crippen LogP contribution in [0.25, 0.3) is 0 Å². The summed E-state index contributed by atoms with van der Waals surface area (Å²) in [6.07, 6.45) is 5.13. The smallest absolute Gasteiger partial charge is 0.219 e. The van der Waals surface area contributed by atoms with Gasteiger partial charge in [0, 0.05) is 19.5 Å². The first kappa shape index (κ1) is 7.14. The van der Waals surface area contributed by atoms with Crippen molar-refractivity contribution in [2.45, 2.75) is 38.6 Å². The fraction of sp³-hybridized carbons (Fsp3) is 0.889. The normalized spacial score (nSPS) is 35.9. The largest absolute Gasteiger partial charge is 0.340 e. The van der Waals surface area contributed by atoms with E-state index in [1.807, 2.05) is 0 Å². The lowest BCUT2D eigenvalue weighted by Crippen LogP contribution is -2.41. The van der Waals surface area contributed by atoms with E-state index < -0.39 is 0 Å². The van der Waals surface area contributed by atoms with Gasteiger partial charge >= 0.3 is 0 Å². The molecule has 0 aromatic carbocycles. The number of rotatable bonds is 0. The maximum absolute atomic E-state index is 11.1. The van der Waals surface area contributed by atoms with E-state index in [1.165, 1.54) is 25.7 Å². The maximum Gasteiger partial charge on any atom is 0.219 e. The predicted molar refractivity (Wildman–Crippen MR) is 43.1 cm³/mol. The summed E-state index contributed by atoms with van der Waals surface area (Å²) >= 11 is 0. The van der Waals surface area contributed by atoms with Crippen LogP contribution in [-0.2, 0) is 4.79 Å². The minimum Gasteiger partial charge on any atom is -0.340 e. The molecule has 1 aliphatic heterocycles. The number of likely N-dealkylation sites (tertiary alicyclic amines) is 1. The van der Waals surface area contributed by atoms with Gasteiger partial charge in [-0.1, -0.05) is 0 Å². The molecule has 1 saturated heterocycles. The molecule has 2 nitrogen and oxygen atoms in total. The van der Waals surface area contributed by atoms with Crippen LogP contribution in [0.15, 0.2) is 0 Å². The fourth-order valence-corrected chi connectivity index (χ4v) is 2.51. The van der Waals surface area contributed by atoms with Crippen LogP contribution in [0.5, 0.6) is 0 Å². The Hall–Kier alpha value is -0.530. The second kappa shape index (κ2) is 2.50. The van der Waals surface area contributed by atoms with Gasteiger partial charge in [-0.15, -0.1) is 0 Å². The molecule has 2 rings (SSSR count). The van der Waals surface area contributed by atoms with Gasteiger partial charge in [-0.25, -0.2) is 0 Å². The third-order valence-corrected chi connectivity index (χ3v) is 3.14. The summed E-state index contributed by atoms with van der Waals surface area (Å²) in [5, 5.41) is 0. The molecule has 1 saturated carbocycles. The van der Waals surface area contributed by atoms with Crippen molar-refractivity contribution in [3.8, 4) is 0 Å². The van der Waals surface area contributed by atoms with Crippen LogP contribution in [0.1, 0.15) is 32.6 Å². The summed E-state index contributed by atoms with van der Waals surface area (Å²) in [5.74, 6) is 1.21. The summed E-state index contributed by atoms with van der Waals surface area (Å²) in [6, 6.07) is 0.603. The summed E-state index contributed by atoms with van der Waals surface area (Å²) in [7, 11) is 0. The van der Waals surface area contributed by atoms with Gasteiger partial charge in [0.25, 0.3) is 0 Å². The van der Waals surface area contributed by atoms with Crippen molar-refractivity contribution in [3.05, 3.63) is 0 Å². The first-order chi connectivity index (χ1) is 5.27. The number of fused-ring (bicyclic) bond motifs is 2. The zero-order valence-electron chi connectivity index (χ0n) is 7.05. The Labute approximate surface area is 67.6 Å². The van der Waals surface area contributed by atoms with Gasteiger partial charge < -0.3 is 4.90 Å². The number of hydrogen-bond donors (Lipinski definition) is 0. The molecule has 2 bridgehead atoms. The molecule has 1 heterocycles. The summed E-state index contributed by atoms with van der Waals surface area (Å²) in [6.45, 7) is 2.71. The molecule has 0 aromatic rings. The fourth-order valence-electron chi connectivity index (χ4n) is 2.51. The van der Waals surface area contributed by atoms with E-state index >= 15 is 0 Å². The molecular weight excluding hydrogens is 138 g/mol. The van der Waals surface area contributed by atoms with Crippen LogP contribution in [0.3, 0.4) is 0 Å². The van der Waals surface area contributed by atoms with Crippen LogP contribution in [-0.4, -0.2) is 23.4 Å². The number of amides is 1. The average Bonchev–Trinajstić information content (AvgIpc) is 2.32. The molecule has 2 heteroatoms. The molecule has 0 spiro atoms. The summed E-state index contributed by atoms with van der Waals surface area (Å²) in [5.41, 5.74) is 0. The van der Waals surface area contributed by atoms with Gasteiger partial charge in [-0.2, -0.15) is 0 Å². The second-order valence-electron chi connectivity index (χ2n) is 3.83. The van der Waals surface area contributed by atoms with E-state index in [0.717, 1.165) is 12.5 Å². The van der Waals surface area contributed by atoms with Crippen molar-refractivity contribution < 1.29 is 4.79 Å². The quantitative estimate of drug-likeness (QED) is 0.515. The molecule has 1 aliphatic carbocycles. The standard InChI is InChI=1S/C9H15NO/c1-7(11)10-5-4-8-2-3-9(10)6-8/h8-9H,2-6H2,1H3/t8?,9-/m1/s1. The highest BCUT2D eigenvalue weighted by atomic mass is 16.2. The molecule has 2 atom stereocenters. The van der Waals surface area contributed by atoms with Gasteiger partial charge in [0.15, 0.2) is 0 Å². The van der Waals surface area contributed by atoms with Gasteiger partial charge in [0.1, 0.15) is 0 Å². The van der Waals surface area contributed by atoms with Crippen LogP contribution in [0.4, 0.5) is 0 Å². The van der Waals surface area contributed by atoms with E-state index in [-0.39, 0.29) is 5.91 Å².